The van der Waals surface area contributed by atoms with E-state index in [4.69, 9.17) is 9.47 Å². The van der Waals surface area contributed by atoms with E-state index in [0.717, 1.165) is 0 Å². The number of ether oxygens (including phenoxy) is 2. The molecule has 2 N–H and O–H groups in total. The highest BCUT2D eigenvalue weighted by atomic mass is 16.5. The number of aliphatic hydroxyl groups excluding tert-OH is 2. The number of anilines is 1. The van der Waals surface area contributed by atoms with Gasteiger partial charge in [-0.1, -0.05) is 0 Å². The van der Waals surface area contributed by atoms with Gasteiger partial charge in [0.2, 0.25) is 11.8 Å². The van der Waals surface area contributed by atoms with Crippen molar-refractivity contribution in [3.63, 3.8) is 0 Å². The van der Waals surface area contributed by atoms with E-state index < -0.39 is 18.4 Å². The molecule has 0 saturated carbocycles. The minimum absolute atomic E-state index is 0.231. The Morgan fingerprint density at radius 1 is 1.45 bits per heavy atom. The molecule has 0 unspecified atom stereocenters. The van der Waals surface area contributed by atoms with Crippen molar-refractivity contribution in [2.75, 3.05) is 32.7 Å². The Hall–Kier alpha value is -1.97. The van der Waals surface area contributed by atoms with Gasteiger partial charge in [-0.2, -0.15) is 9.97 Å². The van der Waals surface area contributed by atoms with Crippen molar-refractivity contribution in [3.05, 3.63) is 6.33 Å². The van der Waals surface area contributed by atoms with E-state index >= 15 is 0 Å². The molecule has 0 bridgehead atoms. The lowest BCUT2D eigenvalue weighted by Gasteiger charge is -2.15. The smallest absolute Gasteiger partial charge is 0.246 e. The van der Waals surface area contributed by atoms with Crippen molar-refractivity contribution < 1.29 is 19.7 Å². The fraction of sp³-hybridized carbons (Fsp3) is 0.615. The standard InChI is InChI=1S/C13H19N5O4/c1-17(2)13-15-11-10(12(16-13)21-3)14-6-18(11)9-4-7(20)8(5-19)22-9/h6-9,19-20H,4-5H2,1-3H3/t7-,8+,9-/m1/s1. The quantitative estimate of drug-likeness (QED) is 0.781. The molecule has 1 aliphatic heterocycles. The van der Waals surface area contributed by atoms with Crippen LogP contribution in [-0.2, 0) is 4.74 Å². The predicted molar refractivity (Wildman–Crippen MR) is 77.8 cm³/mol. The molecule has 1 aliphatic rings. The summed E-state index contributed by atoms with van der Waals surface area (Å²) in [5.41, 5.74) is 1.09. The first-order chi connectivity index (χ1) is 10.5. The van der Waals surface area contributed by atoms with Gasteiger partial charge in [0.25, 0.3) is 0 Å². The fourth-order valence-electron chi connectivity index (χ4n) is 2.48. The zero-order valence-electron chi connectivity index (χ0n) is 12.7. The molecule has 0 radical (unpaired) electrons. The maximum absolute atomic E-state index is 9.89. The molecule has 9 nitrogen and oxygen atoms in total. The van der Waals surface area contributed by atoms with Gasteiger partial charge in [-0.25, -0.2) is 4.98 Å². The molecule has 2 aromatic heterocycles. The summed E-state index contributed by atoms with van der Waals surface area (Å²) < 4.78 is 12.7. The summed E-state index contributed by atoms with van der Waals surface area (Å²) in [6.45, 7) is -0.231. The first kappa shape index (κ1) is 14.9. The molecule has 0 aromatic carbocycles. The van der Waals surface area contributed by atoms with E-state index in [-0.39, 0.29) is 6.61 Å². The van der Waals surface area contributed by atoms with Gasteiger partial charge in [0.15, 0.2) is 11.2 Å². The fourth-order valence-corrected chi connectivity index (χ4v) is 2.48. The summed E-state index contributed by atoms with van der Waals surface area (Å²) in [4.78, 5) is 14.8. The molecule has 0 amide bonds. The van der Waals surface area contributed by atoms with Crippen LogP contribution in [0, 0.1) is 0 Å². The maximum atomic E-state index is 9.89. The lowest BCUT2D eigenvalue weighted by atomic mass is 10.2. The van der Waals surface area contributed by atoms with Gasteiger partial charge in [-0.05, 0) is 0 Å². The molecular formula is C13H19N5O4. The van der Waals surface area contributed by atoms with Gasteiger partial charge in [0.1, 0.15) is 12.3 Å². The Kier molecular flexibility index (Phi) is 3.85. The molecular weight excluding hydrogens is 290 g/mol. The molecule has 3 rings (SSSR count). The molecule has 1 saturated heterocycles. The Balaban J connectivity index is 2.06. The Bertz CT molecular complexity index is 674. The highest BCUT2D eigenvalue weighted by Gasteiger charge is 2.35. The van der Waals surface area contributed by atoms with Gasteiger partial charge >= 0.3 is 0 Å². The first-order valence-corrected chi connectivity index (χ1v) is 6.95. The van der Waals surface area contributed by atoms with Crippen molar-refractivity contribution in [2.24, 2.45) is 0 Å². The second kappa shape index (κ2) is 5.67. The second-order valence-electron chi connectivity index (χ2n) is 5.37. The number of hydrogen-bond acceptors (Lipinski definition) is 8. The number of aliphatic hydroxyl groups is 2. The molecule has 2 aromatic rings. The molecule has 3 heterocycles. The molecule has 3 atom stereocenters. The zero-order chi connectivity index (χ0) is 15.9. The highest BCUT2D eigenvalue weighted by Crippen LogP contribution is 2.32. The van der Waals surface area contributed by atoms with Crippen molar-refractivity contribution in [2.45, 2.75) is 24.9 Å². The minimum atomic E-state index is -0.718. The molecule has 22 heavy (non-hydrogen) atoms. The van der Waals surface area contributed by atoms with E-state index in [2.05, 4.69) is 15.0 Å². The summed E-state index contributed by atoms with van der Waals surface area (Å²) in [6.07, 6.45) is 0.189. The third kappa shape index (κ3) is 2.36. The van der Waals surface area contributed by atoms with Gasteiger partial charge in [-0.15, -0.1) is 0 Å². The van der Waals surface area contributed by atoms with Crippen LogP contribution in [0.3, 0.4) is 0 Å². The van der Waals surface area contributed by atoms with Crippen molar-refractivity contribution in [3.8, 4) is 5.88 Å². The summed E-state index contributed by atoms with van der Waals surface area (Å²) in [6, 6.07) is 0. The molecule has 1 fully saturated rings. The zero-order valence-corrected chi connectivity index (χ0v) is 12.7. The van der Waals surface area contributed by atoms with Crippen LogP contribution in [-0.4, -0.2) is 69.8 Å². The monoisotopic (exact) mass is 309 g/mol. The molecule has 120 valence electrons. The predicted octanol–water partition coefficient (Wildman–Crippen LogP) is -0.458. The third-order valence-electron chi connectivity index (χ3n) is 3.67. The summed E-state index contributed by atoms with van der Waals surface area (Å²) in [5.74, 6) is 0.869. The van der Waals surface area contributed by atoms with Gasteiger partial charge in [-0.3, -0.25) is 4.57 Å². The van der Waals surface area contributed by atoms with Gasteiger partial charge in [0.05, 0.1) is 26.1 Å². The number of methoxy groups -OCH3 is 1. The van der Waals surface area contributed by atoms with Crippen LogP contribution in [0.25, 0.3) is 11.2 Å². The van der Waals surface area contributed by atoms with Crippen molar-refractivity contribution in [1.29, 1.82) is 0 Å². The molecule has 0 aliphatic carbocycles. The van der Waals surface area contributed by atoms with Crippen molar-refractivity contribution >= 4 is 17.1 Å². The molecule has 9 heteroatoms. The summed E-state index contributed by atoms with van der Waals surface area (Å²) in [7, 11) is 5.19. The number of fused-ring (bicyclic) bond motifs is 1. The van der Waals surface area contributed by atoms with Crippen LogP contribution in [0.2, 0.25) is 0 Å². The van der Waals surface area contributed by atoms with Crippen LogP contribution >= 0.6 is 0 Å². The average molecular weight is 309 g/mol. The van der Waals surface area contributed by atoms with Crippen molar-refractivity contribution in [1.82, 2.24) is 19.5 Å². The van der Waals surface area contributed by atoms with E-state index in [9.17, 15) is 10.2 Å². The third-order valence-corrected chi connectivity index (χ3v) is 3.67. The van der Waals surface area contributed by atoms with E-state index in [1.54, 1.807) is 15.8 Å². The van der Waals surface area contributed by atoms with Gasteiger partial charge in [0, 0.05) is 20.5 Å². The first-order valence-electron chi connectivity index (χ1n) is 6.95. The minimum Gasteiger partial charge on any atom is -0.479 e. The number of aromatic nitrogens is 4. The van der Waals surface area contributed by atoms with E-state index in [1.165, 1.54) is 7.11 Å². The van der Waals surface area contributed by atoms with Crippen LogP contribution < -0.4 is 9.64 Å². The van der Waals surface area contributed by atoms with E-state index in [1.807, 2.05) is 14.1 Å². The van der Waals surface area contributed by atoms with Gasteiger partial charge < -0.3 is 24.6 Å². The lowest BCUT2D eigenvalue weighted by molar-refractivity contribution is -0.0432. The van der Waals surface area contributed by atoms with E-state index in [0.29, 0.717) is 29.4 Å². The SMILES string of the molecule is COc1nc(N(C)C)nc2c1ncn2[C@H]1C[C@@H](O)[C@H](CO)O1. The highest BCUT2D eigenvalue weighted by molar-refractivity contribution is 5.78. The van der Waals surface area contributed by atoms with Crippen LogP contribution in [0.4, 0.5) is 5.95 Å². The topological polar surface area (TPSA) is 106 Å². The number of rotatable bonds is 4. The lowest BCUT2D eigenvalue weighted by Crippen LogP contribution is -2.24. The second-order valence-corrected chi connectivity index (χ2v) is 5.37. The van der Waals surface area contributed by atoms with Crippen LogP contribution in [0.5, 0.6) is 5.88 Å². The Morgan fingerprint density at radius 2 is 2.23 bits per heavy atom. The van der Waals surface area contributed by atoms with Crippen LogP contribution in [0.1, 0.15) is 12.6 Å². The summed E-state index contributed by atoms with van der Waals surface area (Å²) >= 11 is 0. The Labute approximate surface area is 127 Å². The van der Waals surface area contributed by atoms with Crippen LogP contribution in [0.15, 0.2) is 6.33 Å². The number of imidazole rings is 1. The number of nitrogens with zero attached hydrogens (tertiary/aromatic N) is 5. The largest absolute Gasteiger partial charge is 0.479 e. The Morgan fingerprint density at radius 3 is 2.82 bits per heavy atom. The normalized spacial score (nSPS) is 24.9. The summed E-state index contributed by atoms with van der Waals surface area (Å²) in [5, 5.41) is 19.1. The molecule has 0 spiro atoms. The average Bonchev–Trinajstić information content (AvgIpc) is 3.08. The maximum Gasteiger partial charge on any atom is 0.246 e. The number of hydrogen-bond donors (Lipinski definition) is 2.